The van der Waals surface area contributed by atoms with Crippen LogP contribution in [0.3, 0.4) is 0 Å². The van der Waals surface area contributed by atoms with E-state index in [1.807, 2.05) is 0 Å². The molecule has 7 N–H and O–H groups in total. The molecular formula is C4H12N5O4P. The van der Waals surface area contributed by atoms with E-state index in [1.165, 1.54) is 4.68 Å². The van der Waals surface area contributed by atoms with Gasteiger partial charge in [-0.3, -0.25) is 0 Å². The first-order valence-corrected chi connectivity index (χ1v) is 4.94. The Labute approximate surface area is 79.6 Å². The lowest BCUT2D eigenvalue weighted by molar-refractivity contribution is 0.275. The molecule has 0 saturated heterocycles. The Kier molecular flexibility index (Phi) is 4.68. The van der Waals surface area contributed by atoms with Gasteiger partial charge < -0.3 is 26.1 Å². The third kappa shape index (κ3) is 5.62. The zero-order valence-corrected chi connectivity index (χ0v) is 8.29. The van der Waals surface area contributed by atoms with Gasteiger partial charge in [0.1, 0.15) is 11.5 Å². The summed E-state index contributed by atoms with van der Waals surface area (Å²) in [5.74, 6) is 0.539. The molecule has 0 radical (unpaired) electrons. The first kappa shape index (κ1) is 13.0. The number of aryl methyl sites for hydroxylation is 1. The van der Waals surface area contributed by atoms with Crippen LogP contribution in [-0.2, 0) is 18.2 Å². The quantitative estimate of drug-likeness (QED) is 0.340. The largest absolute Gasteiger partial charge is 0.466 e. The maximum absolute atomic E-state index is 8.88. The van der Waals surface area contributed by atoms with Gasteiger partial charge in [0.05, 0.1) is 0 Å². The minimum absolute atomic E-state index is 0.347. The number of nitrogens with two attached hydrogens (primary N) is 2. The molecule has 1 rings (SSSR count). The SMILES string of the molecule is Cn1nnc(CN)c1N.O=P(O)(O)O. The summed E-state index contributed by atoms with van der Waals surface area (Å²) in [5, 5.41) is 7.35. The molecule has 14 heavy (non-hydrogen) atoms. The Morgan fingerprint density at radius 2 is 1.93 bits per heavy atom. The van der Waals surface area contributed by atoms with Crippen LogP contribution >= 0.6 is 7.82 Å². The molecule has 0 unspecified atom stereocenters. The molecule has 10 heteroatoms. The van der Waals surface area contributed by atoms with E-state index in [1.54, 1.807) is 7.05 Å². The number of hydrogen-bond acceptors (Lipinski definition) is 5. The van der Waals surface area contributed by atoms with Crippen LogP contribution < -0.4 is 11.5 Å². The van der Waals surface area contributed by atoms with E-state index in [2.05, 4.69) is 10.3 Å². The molecule has 0 aliphatic heterocycles. The predicted molar refractivity (Wildman–Crippen MR) is 47.6 cm³/mol. The van der Waals surface area contributed by atoms with E-state index in [0.29, 0.717) is 18.1 Å². The molecule has 0 bridgehead atoms. The third-order valence-corrected chi connectivity index (χ3v) is 1.14. The number of rotatable bonds is 1. The fraction of sp³-hybridized carbons (Fsp3) is 0.500. The molecule has 0 amide bonds. The standard InChI is InChI=1S/C4H9N5.H3O4P/c1-9-4(6)3(2-5)7-8-9;1-5(2,3)4/h2,5-6H2,1H3;(H3,1,2,3,4). The van der Waals surface area contributed by atoms with Gasteiger partial charge in [0.2, 0.25) is 0 Å². The molecule has 0 aliphatic carbocycles. The molecule has 0 aromatic carbocycles. The second-order valence-electron chi connectivity index (χ2n) is 2.26. The van der Waals surface area contributed by atoms with Gasteiger partial charge in [-0.2, -0.15) is 0 Å². The van der Waals surface area contributed by atoms with Crippen LogP contribution in [0.4, 0.5) is 5.82 Å². The van der Waals surface area contributed by atoms with Crippen molar-refractivity contribution in [3.63, 3.8) is 0 Å². The van der Waals surface area contributed by atoms with Gasteiger partial charge in [0.25, 0.3) is 0 Å². The van der Waals surface area contributed by atoms with E-state index >= 15 is 0 Å². The lowest BCUT2D eigenvalue weighted by Gasteiger charge is -1.91. The fourth-order valence-electron chi connectivity index (χ4n) is 0.553. The molecule has 0 saturated carbocycles. The van der Waals surface area contributed by atoms with E-state index in [-0.39, 0.29) is 0 Å². The molecule has 0 fully saturated rings. The van der Waals surface area contributed by atoms with Crippen LogP contribution in [-0.4, -0.2) is 29.7 Å². The van der Waals surface area contributed by atoms with Crippen molar-refractivity contribution in [1.29, 1.82) is 0 Å². The van der Waals surface area contributed by atoms with Gasteiger partial charge in [0.15, 0.2) is 0 Å². The van der Waals surface area contributed by atoms with E-state index in [0.717, 1.165) is 0 Å². The van der Waals surface area contributed by atoms with Crippen molar-refractivity contribution in [3.05, 3.63) is 5.69 Å². The average molecular weight is 225 g/mol. The van der Waals surface area contributed by atoms with Gasteiger partial charge in [0, 0.05) is 13.6 Å². The van der Waals surface area contributed by atoms with Gasteiger partial charge in [-0.05, 0) is 0 Å². The Bertz CT molecular complexity index is 324. The molecule has 1 aromatic rings. The van der Waals surface area contributed by atoms with Crippen LogP contribution in [0.25, 0.3) is 0 Å². The molecule has 1 aromatic heterocycles. The highest BCUT2D eigenvalue weighted by molar-refractivity contribution is 7.45. The minimum Gasteiger partial charge on any atom is -0.382 e. The normalized spacial score (nSPS) is 10.6. The second kappa shape index (κ2) is 5.03. The Balaban J connectivity index is 0.000000292. The maximum atomic E-state index is 8.88. The smallest absolute Gasteiger partial charge is 0.382 e. The molecular weight excluding hydrogens is 213 g/mol. The summed E-state index contributed by atoms with van der Waals surface area (Å²) in [5.41, 5.74) is 11.4. The summed E-state index contributed by atoms with van der Waals surface area (Å²) in [4.78, 5) is 21.6. The van der Waals surface area contributed by atoms with Crippen LogP contribution in [0.15, 0.2) is 0 Å². The highest BCUT2D eigenvalue weighted by atomic mass is 31.2. The number of aromatic nitrogens is 3. The lowest BCUT2D eigenvalue weighted by Crippen LogP contribution is -2.03. The van der Waals surface area contributed by atoms with Gasteiger partial charge in [-0.15, -0.1) is 5.10 Å². The summed E-state index contributed by atoms with van der Waals surface area (Å²) in [7, 11) is -2.92. The maximum Gasteiger partial charge on any atom is 0.466 e. The second-order valence-corrected chi connectivity index (χ2v) is 3.29. The van der Waals surface area contributed by atoms with Crippen molar-refractivity contribution >= 4 is 13.6 Å². The number of anilines is 1. The summed E-state index contributed by atoms with van der Waals surface area (Å²) in [6.07, 6.45) is 0. The van der Waals surface area contributed by atoms with E-state index in [4.69, 9.17) is 30.7 Å². The van der Waals surface area contributed by atoms with Crippen molar-refractivity contribution in [2.24, 2.45) is 12.8 Å². The van der Waals surface area contributed by atoms with Crippen molar-refractivity contribution in [2.75, 3.05) is 5.73 Å². The number of nitrogens with zero attached hydrogens (tertiary/aromatic N) is 3. The summed E-state index contributed by atoms with van der Waals surface area (Å²) >= 11 is 0. The fourth-order valence-corrected chi connectivity index (χ4v) is 0.553. The minimum atomic E-state index is -4.64. The zero-order chi connectivity index (χ0) is 11.4. The Hall–Kier alpha value is -0.990. The molecule has 0 spiro atoms. The summed E-state index contributed by atoms with van der Waals surface area (Å²) < 4.78 is 10.4. The molecule has 82 valence electrons. The first-order valence-electron chi connectivity index (χ1n) is 3.38. The molecule has 0 aliphatic rings. The first-order chi connectivity index (χ1) is 6.25. The molecule has 1 heterocycles. The van der Waals surface area contributed by atoms with Crippen LogP contribution in [0.2, 0.25) is 0 Å². The third-order valence-electron chi connectivity index (χ3n) is 1.14. The highest BCUT2D eigenvalue weighted by Gasteiger charge is 2.01. The van der Waals surface area contributed by atoms with Gasteiger partial charge in [-0.25, -0.2) is 9.25 Å². The monoisotopic (exact) mass is 225 g/mol. The van der Waals surface area contributed by atoms with Crippen LogP contribution in [0.1, 0.15) is 5.69 Å². The van der Waals surface area contributed by atoms with Crippen molar-refractivity contribution < 1.29 is 19.2 Å². The summed E-state index contributed by atoms with van der Waals surface area (Å²) in [6.45, 7) is 0.347. The van der Waals surface area contributed by atoms with Gasteiger partial charge in [-0.1, -0.05) is 5.21 Å². The topological polar surface area (TPSA) is 161 Å². The van der Waals surface area contributed by atoms with Crippen molar-refractivity contribution in [1.82, 2.24) is 15.0 Å². The van der Waals surface area contributed by atoms with Crippen molar-refractivity contribution in [2.45, 2.75) is 6.54 Å². The van der Waals surface area contributed by atoms with Crippen LogP contribution in [0, 0.1) is 0 Å². The Morgan fingerprint density at radius 1 is 1.50 bits per heavy atom. The summed E-state index contributed by atoms with van der Waals surface area (Å²) in [6, 6.07) is 0. The van der Waals surface area contributed by atoms with Gasteiger partial charge >= 0.3 is 7.82 Å². The molecule has 9 nitrogen and oxygen atoms in total. The van der Waals surface area contributed by atoms with Crippen LogP contribution in [0.5, 0.6) is 0 Å². The zero-order valence-electron chi connectivity index (χ0n) is 7.40. The number of hydrogen-bond donors (Lipinski definition) is 5. The van der Waals surface area contributed by atoms with E-state index < -0.39 is 7.82 Å². The highest BCUT2D eigenvalue weighted by Crippen LogP contribution is 2.25. The van der Waals surface area contributed by atoms with E-state index in [9.17, 15) is 0 Å². The number of phosphoric acid groups is 1. The van der Waals surface area contributed by atoms with Crippen molar-refractivity contribution in [3.8, 4) is 0 Å². The molecule has 0 atom stereocenters. The Morgan fingerprint density at radius 3 is 2.07 bits per heavy atom. The number of nitrogen functional groups attached to an aromatic ring is 1. The lowest BCUT2D eigenvalue weighted by atomic mass is 10.4. The average Bonchev–Trinajstić information content (AvgIpc) is 2.30. The predicted octanol–water partition coefficient (Wildman–Crippen LogP) is -2.07.